The van der Waals surface area contributed by atoms with Gasteiger partial charge in [-0.2, -0.15) is 0 Å². The first-order valence-corrected chi connectivity index (χ1v) is 4.69. The molecule has 1 aliphatic rings. The van der Waals surface area contributed by atoms with Gasteiger partial charge in [-0.05, 0) is 34.7 Å². The summed E-state index contributed by atoms with van der Waals surface area (Å²) in [7, 11) is 3.89. The number of nitrogens with zero attached hydrogens (tertiary/aromatic N) is 2. The van der Waals surface area contributed by atoms with Gasteiger partial charge in [-0.15, -0.1) is 0 Å². The van der Waals surface area contributed by atoms with E-state index in [-0.39, 0.29) is 17.0 Å². The smallest absolute Gasteiger partial charge is 0.242 e. The molecule has 1 fully saturated rings. The quantitative estimate of drug-likeness (QED) is 0.559. The average Bonchev–Trinajstić information content (AvgIpc) is 1.98. The molecule has 0 aromatic heterocycles. The van der Waals surface area contributed by atoms with Crippen LogP contribution in [0.1, 0.15) is 27.7 Å². The van der Waals surface area contributed by atoms with Crippen LogP contribution in [0.4, 0.5) is 0 Å². The first-order chi connectivity index (χ1) is 5.69. The van der Waals surface area contributed by atoms with Gasteiger partial charge in [-0.3, -0.25) is 9.69 Å². The number of piperazine rings is 1. The SMILES string of the molecule is CN1C(=O)C(C)(C)N(C)CC1(C)C. The van der Waals surface area contributed by atoms with E-state index < -0.39 is 0 Å². The Morgan fingerprint density at radius 3 is 2.08 bits per heavy atom. The van der Waals surface area contributed by atoms with Gasteiger partial charge >= 0.3 is 0 Å². The van der Waals surface area contributed by atoms with Gasteiger partial charge in [0.1, 0.15) is 0 Å². The van der Waals surface area contributed by atoms with Gasteiger partial charge in [0, 0.05) is 19.1 Å². The lowest BCUT2D eigenvalue weighted by Crippen LogP contribution is -2.68. The van der Waals surface area contributed by atoms with Crippen molar-refractivity contribution in [3.8, 4) is 0 Å². The Morgan fingerprint density at radius 2 is 1.62 bits per heavy atom. The molecule has 0 N–H and O–H groups in total. The topological polar surface area (TPSA) is 23.6 Å². The molecule has 1 saturated heterocycles. The lowest BCUT2D eigenvalue weighted by atomic mass is 9.89. The van der Waals surface area contributed by atoms with E-state index in [9.17, 15) is 4.79 Å². The summed E-state index contributed by atoms with van der Waals surface area (Å²) in [5, 5.41) is 0. The molecule has 3 nitrogen and oxygen atoms in total. The van der Waals surface area contributed by atoms with Crippen LogP contribution in [0.3, 0.4) is 0 Å². The van der Waals surface area contributed by atoms with Gasteiger partial charge in [0.15, 0.2) is 0 Å². The maximum Gasteiger partial charge on any atom is 0.242 e. The third-order valence-corrected chi connectivity index (χ3v) is 3.31. The highest BCUT2D eigenvalue weighted by Gasteiger charge is 2.46. The van der Waals surface area contributed by atoms with Crippen molar-refractivity contribution in [2.24, 2.45) is 0 Å². The third-order valence-electron chi connectivity index (χ3n) is 3.31. The van der Waals surface area contributed by atoms with Crippen LogP contribution in [-0.4, -0.2) is 47.4 Å². The van der Waals surface area contributed by atoms with E-state index in [0.717, 1.165) is 6.54 Å². The van der Waals surface area contributed by atoms with Crippen LogP contribution < -0.4 is 0 Å². The Morgan fingerprint density at radius 1 is 1.15 bits per heavy atom. The second kappa shape index (κ2) is 2.71. The molecular formula is C10H20N2O. The molecule has 76 valence electrons. The molecule has 0 radical (unpaired) electrons. The van der Waals surface area contributed by atoms with Crippen molar-refractivity contribution in [2.75, 3.05) is 20.6 Å². The van der Waals surface area contributed by atoms with Crippen LogP contribution in [0, 0.1) is 0 Å². The molecule has 1 amide bonds. The number of hydrogen-bond acceptors (Lipinski definition) is 2. The number of carbonyl (C=O) groups is 1. The lowest BCUT2D eigenvalue weighted by molar-refractivity contribution is -0.155. The third kappa shape index (κ3) is 1.46. The van der Waals surface area contributed by atoms with E-state index in [4.69, 9.17) is 0 Å². The van der Waals surface area contributed by atoms with E-state index >= 15 is 0 Å². The largest absolute Gasteiger partial charge is 0.338 e. The van der Waals surface area contributed by atoms with Gasteiger partial charge in [0.05, 0.1) is 5.54 Å². The van der Waals surface area contributed by atoms with Crippen LogP contribution in [0.2, 0.25) is 0 Å². The van der Waals surface area contributed by atoms with Gasteiger partial charge in [-0.1, -0.05) is 0 Å². The first kappa shape index (κ1) is 10.5. The number of carbonyl (C=O) groups excluding carboxylic acids is 1. The van der Waals surface area contributed by atoms with Gasteiger partial charge < -0.3 is 4.90 Å². The van der Waals surface area contributed by atoms with E-state index in [1.54, 1.807) is 0 Å². The second-order valence-electron chi connectivity index (χ2n) is 5.09. The van der Waals surface area contributed by atoms with Gasteiger partial charge in [0.25, 0.3) is 0 Å². The van der Waals surface area contributed by atoms with Gasteiger partial charge in [0.2, 0.25) is 5.91 Å². The fourth-order valence-corrected chi connectivity index (χ4v) is 1.73. The van der Waals surface area contributed by atoms with Crippen molar-refractivity contribution in [3.63, 3.8) is 0 Å². The fourth-order valence-electron chi connectivity index (χ4n) is 1.73. The highest BCUT2D eigenvalue weighted by Crippen LogP contribution is 2.28. The molecule has 0 aliphatic carbocycles. The summed E-state index contributed by atoms with van der Waals surface area (Å²) >= 11 is 0. The van der Waals surface area contributed by atoms with Crippen molar-refractivity contribution in [1.82, 2.24) is 9.80 Å². The fraction of sp³-hybridized carbons (Fsp3) is 0.900. The number of likely N-dealkylation sites (N-methyl/N-ethyl adjacent to an activating group) is 2. The van der Waals surface area contributed by atoms with E-state index in [1.807, 2.05) is 32.8 Å². The summed E-state index contributed by atoms with van der Waals surface area (Å²) < 4.78 is 0. The van der Waals surface area contributed by atoms with Crippen molar-refractivity contribution in [1.29, 1.82) is 0 Å². The van der Waals surface area contributed by atoms with E-state index in [0.29, 0.717) is 0 Å². The zero-order chi connectivity index (χ0) is 10.4. The average molecular weight is 184 g/mol. The Kier molecular flexibility index (Phi) is 2.19. The van der Waals surface area contributed by atoms with Crippen molar-refractivity contribution < 1.29 is 4.79 Å². The van der Waals surface area contributed by atoms with Crippen molar-refractivity contribution in [2.45, 2.75) is 38.8 Å². The summed E-state index contributed by atoms with van der Waals surface area (Å²) in [4.78, 5) is 15.9. The zero-order valence-electron chi connectivity index (χ0n) is 9.51. The molecule has 0 aromatic rings. The summed E-state index contributed by atoms with van der Waals surface area (Å²) in [6.45, 7) is 9.05. The van der Waals surface area contributed by atoms with Crippen LogP contribution in [0.5, 0.6) is 0 Å². The molecule has 1 heterocycles. The molecule has 0 saturated carbocycles. The van der Waals surface area contributed by atoms with Crippen molar-refractivity contribution >= 4 is 5.91 Å². The Bertz CT molecular complexity index is 233. The molecule has 13 heavy (non-hydrogen) atoms. The summed E-state index contributed by atoms with van der Waals surface area (Å²) in [6.07, 6.45) is 0. The number of rotatable bonds is 0. The minimum absolute atomic E-state index is 0.0542. The zero-order valence-corrected chi connectivity index (χ0v) is 9.51. The maximum atomic E-state index is 12.0. The molecule has 1 aliphatic heterocycles. The predicted octanol–water partition coefficient (Wildman–Crippen LogP) is 0.947. The molecule has 0 unspecified atom stereocenters. The Hall–Kier alpha value is -0.570. The van der Waals surface area contributed by atoms with E-state index in [1.165, 1.54) is 0 Å². The second-order valence-corrected chi connectivity index (χ2v) is 5.09. The first-order valence-electron chi connectivity index (χ1n) is 4.69. The minimum Gasteiger partial charge on any atom is -0.338 e. The number of hydrogen-bond donors (Lipinski definition) is 0. The normalized spacial score (nSPS) is 27.8. The highest BCUT2D eigenvalue weighted by atomic mass is 16.2. The van der Waals surface area contributed by atoms with Crippen LogP contribution in [0.15, 0.2) is 0 Å². The van der Waals surface area contributed by atoms with Crippen molar-refractivity contribution in [3.05, 3.63) is 0 Å². The highest BCUT2D eigenvalue weighted by molar-refractivity contribution is 5.86. The molecule has 3 heteroatoms. The summed E-state index contributed by atoms with van der Waals surface area (Å²) in [6, 6.07) is 0. The molecule has 0 atom stereocenters. The number of amides is 1. The standard InChI is InChI=1S/C10H20N2O/c1-9(2)7-11(5)10(3,4)8(13)12(9)6/h7H2,1-6H3. The van der Waals surface area contributed by atoms with Crippen LogP contribution >= 0.6 is 0 Å². The molecule has 1 rings (SSSR count). The Labute approximate surface area is 80.7 Å². The summed E-state index contributed by atoms with van der Waals surface area (Å²) in [5.74, 6) is 0.200. The molecule has 0 spiro atoms. The Balaban J connectivity index is 3.00. The van der Waals surface area contributed by atoms with Crippen LogP contribution in [-0.2, 0) is 4.79 Å². The van der Waals surface area contributed by atoms with Gasteiger partial charge in [-0.25, -0.2) is 0 Å². The lowest BCUT2D eigenvalue weighted by Gasteiger charge is -2.51. The minimum atomic E-state index is -0.357. The predicted molar refractivity (Wildman–Crippen MR) is 53.6 cm³/mol. The summed E-state index contributed by atoms with van der Waals surface area (Å²) in [5.41, 5.74) is -0.411. The van der Waals surface area contributed by atoms with Crippen LogP contribution in [0.25, 0.3) is 0 Å². The molecular weight excluding hydrogens is 164 g/mol. The molecule has 0 aromatic carbocycles. The maximum absolute atomic E-state index is 12.0. The monoisotopic (exact) mass is 184 g/mol. The molecule has 0 bridgehead atoms. The van der Waals surface area contributed by atoms with E-state index in [2.05, 4.69) is 18.7 Å².